The predicted octanol–water partition coefficient (Wildman–Crippen LogP) is 1.59. The minimum atomic E-state index is -3.53. The van der Waals surface area contributed by atoms with E-state index in [9.17, 15) is 13.2 Å². The number of sulfonamides is 1. The highest BCUT2D eigenvalue weighted by molar-refractivity contribution is 7.89. The second kappa shape index (κ2) is 9.07. The smallest absolute Gasteiger partial charge is 0.240 e. The SMILES string of the molecule is CCC(=O)c1cccc(S(=O)(=O)NCCCNC)c1.Cl. The Labute approximate surface area is 126 Å². The van der Waals surface area contributed by atoms with Gasteiger partial charge in [0.2, 0.25) is 10.0 Å². The molecule has 2 N–H and O–H groups in total. The van der Waals surface area contributed by atoms with Gasteiger partial charge in [-0.25, -0.2) is 13.1 Å². The molecule has 1 aromatic carbocycles. The maximum Gasteiger partial charge on any atom is 0.240 e. The molecule has 0 spiro atoms. The maximum atomic E-state index is 12.0. The summed E-state index contributed by atoms with van der Waals surface area (Å²) in [6.07, 6.45) is 1.07. The normalized spacial score (nSPS) is 10.9. The van der Waals surface area contributed by atoms with Crippen LogP contribution in [-0.2, 0) is 10.0 Å². The molecule has 0 atom stereocenters. The molecular weight excluding hydrogens is 300 g/mol. The average molecular weight is 321 g/mol. The highest BCUT2D eigenvalue weighted by Crippen LogP contribution is 2.12. The number of carbonyl (C=O) groups is 1. The van der Waals surface area contributed by atoms with Gasteiger partial charge >= 0.3 is 0 Å². The van der Waals surface area contributed by atoms with Gasteiger partial charge in [0.1, 0.15) is 0 Å². The fraction of sp³-hybridized carbons (Fsp3) is 0.462. The van der Waals surface area contributed by atoms with Crippen LogP contribution in [0.4, 0.5) is 0 Å². The molecule has 5 nitrogen and oxygen atoms in total. The van der Waals surface area contributed by atoms with Crippen LogP contribution >= 0.6 is 12.4 Å². The van der Waals surface area contributed by atoms with Crippen molar-refractivity contribution in [1.82, 2.24) is 10.0 Å². The Balaban J connectivity index is 0.00000361. The Morgan fingerprint density at radius 1 is 1.25 bits per heavy atom. The van der Waals surface area contributed by atoms with E-state index in [2.05, 4.69) is 10.0 Å². The first-order valence-electron chi connectivity index (χ1n) is 6.28. The molecule has 0 heterocycles. The van der Waals surface area contributed by atoms with Crippen LogP contribution in [0.3, 0.4) is 0 Å². The Kier molecular flexibility index (Phi) is 8.64. The van der Waals surface area contributed by atoms with Crippen molar-refractivity contribution in [3.05, 3.63) is 29.8 Å². The maximum absolute atomic E-state index is 12.0. The Bertz CT molecular complexity index is 532. The van der Waals surface area contributed by atoms with Crippen LogP contribution in [-0.4, -0.2) is 34.3 Å². The van der Waals surface area contributed by atoms with Gasteiger partial charge in [0, 0.05) is 18.5 Å². The minimum Gasteiger partial charge on any atom is -0.320 e. The Morgan fingerprint density at radius 3 is 2.55 bits per heavy atom. The van der Waals surface area contributed by atoms with E-state index in [1.165, 1.54) is 12.1 Å². The van der Waals surface area contributed by atoms with Gasteiger partial charge in [0.25, 0.3) is 0 Å². The Morgan fingerprint density at radius 2 is 1.95 bits per heavy atom. The second-order valence-electron chi connectivity index (χ2n) is 4.16. The monoisotopic (exact) mass is 320 g/mol. The zero-order valence-corrected chi connectivity index (χ0v) is 13.3. The topological polar surface area (TPSA) is 75.3 Å². The van der Waals surface area contributed by atoms with Crippen LogP contribution in [0, 0.1) is 0 Å². The van der Waals surface area contributed by atoms with Crippen LogP contribution in [0.5, 0.6) is 0 Å². The third-order valence-electron chi connectivity index (χ3n) is 2.68. The lowest BCUT2D eigenvalue weighted by Crippen LogP contribution is -2.27. The highest BCUT2D eigenvalue weighted by Gasteiger charge is 2.14. The van der Waals surface area contributed by atoms with Gasteiger partial charge in [-0.1, -0.05) is 19.1 Å². The fourth-order valence-electron chi connectivity index (χ4n) is 1.60. The summed E-state index contributed by atoms with van der Waals surface area (Å²) in [7, 11) is -1.72. The first-order chi connectivity index (χ1) is 9.01. The first-order valence-corrected chi connectivity index (χ1v) is 7.77. The lowest BCUT2D eigenvalue weighted by molar-refractivity contribution is 0.0988. The van der Waals surface area contributed by atoms with Crippen molar-refractivity contribution in [2.24, 2.45) is 0 Å². The molecule has 0 aliphatic heterocycles. The Hall–Kier alpha value is -0.950. The quantitative estimate of drug-likeness (QED) is 0.563. The second-order valence-corrected chi connectivity index (χ2v) is 5.93. The summed E-state index contributed by atoms with van der Waals surface area (Å²) in [5.74, 6) is -0.0627. The number of rotatable bonds is 8. The molecular formula is C13H21ClN2O3S. The predicted molar refractivity (Wildman–Crippen MR) is 82.0 cm³/mol. The van der Waals surface area contributed by atoms with Crippen molar-refractivity contribution in [2.75, 3.05) is 20.1 Å². The summed E-state index contributed by atoms with van der Waals surface area (Å²) in [4.78, 5) is 11.7. The summed E-state index contributed by atoms with van der Waals surface area (Å²) in [6, 6.07) is 6.13. The number of benzene rings is 1. The molecule has 7 heteroatoms. The fourth-order valence-corrected chi connectivity index (χ4v) is 2.72. The third-order valence-corrected chi connectivity index (χ3v) is 4.14. The standard InChI is InChI=1S/C13H20N2O3S.ClH/c1-3-13(16)11-6-4-7-12(10-11)19(17,18)15-9-5-8-14-2;/h4,6-7,10,14-15H,3,5,8-9H2,1-2H3;1H. The van der Waals surface area contributed by atoms with Crippen molar-refractivity contribution in [2.45, 2.75) is 24.7 Å². The van der Waals surface area contributed by atoms with Crippen molar-refractivity contribution in [1.29, 1.82) is 0 Å². The van der Waals surface area contributed by atoms with Gasteiger partial charge in [-0.2, -0.15) is 0 Å². The van der Waals surface area contributed by atoms with Crippen molar-refractivity contribution >= 4 is 28.2 Å². The van der Waals surface area contributed by atoms with Gasteiger partial charge in [0.05, 0.1) is 4.90 Å². The molecule has 0 bridgehead atoms. The largest absolute Gasteiger partial charge is 0.320 e. The van der Waals surface area contributed by atoms with Crippen LogP contribution < -0.4 is 10.0 Å². The molecule has 20 heavy (non-hydrogen) atoms. The summed E-state index contributed by atoms with van der Waals surface area (Å²) >= 11 is 0. The van der Waals surface area contributed by atoms with Gasteiger partial charge in [-0.05, 0) is 32.1 Å². The number of hydrogen-bond donors (Lipinski definition) is 2. The molecule has 0 amide bonds. The van der Waals surface area contributed by atoms with E-state index in [0.717, 1.165) is 6.54 Å². The third kappa shape index (κ3) is 5.58. The van der Waals surface area contributed by atoms with E-state index in [-0.39, 0.29) is 23.1 Å². The van der Waals surface area contributed by atoms with Crippen molar-refractivity contribution in [3.63, 3.8) is 0 Å². The number of ketones is 1. The molecule has 0 aromatic heterocycles. The molecule has 114 valence electrons. The van der Waals surface area contributed by atoms with Gasteiger partial charge in [-0.15, -0.1) is 12.4 Å². The molecule has 0 saturated carbocycles. The molecule has 0 unspecified atom stereocenters. The van der Waals surface area contributed by atoms with Crippen molar-refractivity contribution in [3.8, 4) is 0 Å². The molecule has 0 fully saturated rings. The van der Waals surface area contributed by atoms with Crippen molar-refractivity contribution < 1.29 is 13.2 Å². The van der Waals surface area contributed by atoms with Gasteiger partial charge in [-0.3, -0.25) is 4.79 Å². The van der Waals surface area contributed by atoms with E-state index in [4.69, 9.17) is 0 Å². The zero-order valence-electron chi connectivity index (χ0n) is 11.7. The number of Topliss-reactive ketones (excluding diaryl/α,β-unsaturated/α-hetero) is 1. The number of halogens is 1. The molecule has 1 rings (SSSR count). The number of nitrogens with one attached hydrogen (secondary N) is 2. The van der Waals surface area contributed by atoms with E-state index < -0.39 is 10.0 Å². The summed E-state index contributed by atoms with van der Waals surface area (Å²) < 4.78 is 26.5. The summed E-state index contributed by atoms with van der Waals surface area (Å²) in [5, 5.41) is 2.95. The van der Waals surface area contributed by atoms with E-state index in [1.807, 2.05) is 7.05 Å². The van der Waals surface area contributed by atoms with Crippen LogP contribution in [0.15, 0.2) is 29.2 Å². The highest BCUT2D eigenvalue weighted by atomic mass is 35.5. The van der Waals surface area contributed by atoms with Crippen LogP contribution in [0.25, 0.3) is 0 Å². The lowest BCUT2D eigenvalue weighted by Gasteiger charge is -2.07. The lowest BCUT2D eigenvalue weighted by atomic mass is 10.1. The van der Waals surface area contributed by atoms with E-state index >= 15 is 0 Å². The molecule has 0 aliphatic rings. The summed E-state index contributed by atoms with van der Waals surface area (Å²) in [6.45, 7) is 2.87. The zero-order chi connectivity index (χ0) is 14.3. The minimum absolute atomic E-state index is 0. The molecule has 0 aliphatic carbocycles. The van der Waals surface area contributed by atoms with E-state index in [1.54, 1.807) is 19.1 Å². The molecule has 1 aromatic rings. The van der Waals surface area contributed by atoms with E-state index in [0.29, 0.717) is 24.9 Å². The van der Waals surface area contributed by atoms with Crippen LogP contribution in [0.1, 0.15) is 30.1 Å². The molecule has 0 saturated heterocycles. The summed E-state index contributed by atoms with van der Waals surface area (Å²) in [5.41, 5.74) is 0.431. The van der Waals surface area contributed by atoms with Gasteiger partial charge in [0.15, 0.2) is 5.78 Å². The van der Waals surface area contributed by atoms with Crippen LogP contribution in [0.2, 0.25) is 0 Å². The molecule has 0 radical (unpaired) electrons. The first kappa shape index (κ1) is 19.1. The average Bonchev–Trinajstić information content (AvgIpc) is 2.43. The number of hydrogen-bond acceptors (Lipinski definition) is 4. The van der Waals surface area contributed by atoms with Gasteiger partial charge < -0.3 is 5.32 Å². The number of carbonyl (C=O) groups excluding carboxylic acids is 1.